The Labute approximate surface area is 186 Å². The molecule has 1 fully saturated rings. The number of nitrogens with zero attached hydrogens (tertiary/aromatic N) is 2. The van der Waals surface area contributed by atoms with Crippen molar-refractivity contribution >= 4 is 44.0 Å². The van der Waals surface area contributed by atoms with E-state index in [4.69, 9.17) is 0 Å². The Hall–Kier alpha value is -2.34. The van der Waals surface area contributed by atoms with Gasteiger partial charge in [-0.15, -0.1) is 11.3 Å². The summed E-state index contributed by atoms with van der Waals surface area (Å²) in [5, 5.41) is 7.61. The highest BCUT2D eigenvalue weighted by Crippen LogP contribution is 2.19. The van der Waals surface area contributed by atoms with Gasteiger partial charge in [0.2, 0.25) is 21.8 Å². The van der Waals surface area contributed by atoms with Crippen molar-refractivity contribution in [3.63, 3.8) is 0 Å². The Morgan fingerprint density at radius 1 is 1.13 bits per heavy atom. The van der Waals surface area contributed by atoms with E-state index in [1.165, 1.54) is 68.7 Å². The second-order valence-electron chi connectivity index (χ2n) is 7.52. The van der Waals surface area contributed by atoms with Crippen LogP contribution in [0.3, 0.4) is 0 Å². The molecule has 1 aliphatic rings. The lowest BCUT2D eigenvalue weighted by molar-refractivity contribution is -0.117. The number of hydrogen-bond acceptors (Lipinski definition) is 7. The van der Waals surface area contributed by atoms with Crippen molar-refractivity contribution in [3.05, 3.63) is 35.3 Å². The molecule has 0 aliphatic carbocycles. The zero-order chi connectivity index (χ0) is 22.4. The van der Waals surface area contributed by atoms with E-state index in [0.717, 1.165) is 25.3 Å². The summed E-state index contributed by atoms with van der Waals surface area (Å²) in [6, 6.07) is 4.72. The van der Waals surface area contributed by atoms with Gasteiger partial charge >= 0.3 is 0 Å². The van der Waals surface area contributed by atoms with Crippen LogP contribution < -0.4 is 15.4 Å². The average Bonchev–Trinajstić information content (AvgIpc) is 3.15. The molecule has 0 spiro atoms. The summed E-state index contributed by atoms with van der Waals surface area (Å²) in [5.41, 5.74) is 1.39. The fourth-order valence-corrected chi connectivity index (χ4v) is 5.18. The molecule has 9 nitrogen and oxygen atoms in total. The third kappa shape index (κ3) is 6.82. The molecule has 0 saturated carbocycles. The predicted octanol–water partition coefficient (Wildman–Crippen LogP) is 2.39. The quantitative estimate of drug-likeness (QED) is 0.551. The van der Waals surface area contributed by atoms with Gasteiger partial charge in [-0.1, -0.05) is 6.42 Å². The number of rotatable bonds is 8. The summed E-state index contributed by atoms with van der Waals surface area (Å²) in [4.78, 5) is 30.3. The number of nitrogens with one attached hydrogen (secondary N) is 3. The first-order chi connectivity index (χ1) is 14.7. The predicted molar refractivity (Wildman–Crippen MR) is 120 cm³/mol. The Morgan fingerprint density at radius 3 is 2.45 bits per heavy atom. The summed E-state index contributed by atoms with van der Waals surface area (Å²) in [6.45, 7) is 5.71. The van der Waals surface area contributed by atoms with Crippen molar-refractivity contribution < 1.29 is 18.0 Å². The standard InChI is InChI=1S/C20H27N5O4S2/c1-14(24-31(28,29)18-8-6-16(7-9-18)21-15(2)26)19(27)23-20-22-17(13-30-20)12-25-10-4-3-5-11-25/h6-9,13-14,24H,3-5,10-12H2,1-2H3,(H,21,26)(H,22,23,27). The van der Waals surface area contributed by atoms with E-state index in [2.05, 4.69) is 25.2 Å². The molecular formula is C20H27N5O4S2. The number of likely N-dealkylation sites (tertiary alicyclic amines) is 1. The minimum atomic E-state index is -3.90. The van der Waals surface area contributed by atoms with E-state index >= 15 is 0 Å². The molecule has 2 heterocycles. The molecule has 1 aliphatic heterocycles. The maximum atomic E-state index is 12.6. The van der Waals surface area contributed by atoms with Crippen LogP contribution in [0, 0.1) is 0 Å². The molecule has 0 bridgehead atoms. The molecule has 1 aromatic heterocycles. The fraction of sp³-hybridized carbons (Fsp3) is 0.450. The second-order valence-corrected chi connectivity index (χ2v) is 10.1. The van der Waals surface area contributed by atoms with Gasteiger partial charge in [-0.3, -0.25) is 14.5 Å². The van der Waals surface area contributed by atoms with Crippen molar-refractivity contribution in [2.75, 3.05) is 23.7 Å². The largest absolute Gasteiger partial charge is 0.326 e. The van der Waals surface area contributed by atoms with Crippen molar-refractivity contribution in [1.82, 2.24) is 14.6 Å². The third-order valence-corrected chi connectivity index (χ3v) is 7.19. The van der Waals surface area contributed by atoms with Crippen LogP contribution in [0.25, 0.3) is 0 Å². The molecule has 3 N–H and O–H groups in total. The van der Waals surface area contributed by atoms with Crippen LogP contribution in [0.4, 0.5) is 10.8 Å². The molecule has 1 aromatic carbocycles. The summed E-state index contributed by atoms with van der Waals surface area (Å²) in [5.74, 6) is -0.738. The summed E-state index contributed by atoms with van der Waals surface area (Å²) in [7, 11) is -3.90. The van der Waals surface area contributed by atoms with E-state index in [-0.39, 0.29) is 10.8 Å². The van der Waals surface area contributed by atoms with Gasteiger partial charge in [0.05, 0.1) is 16.6 Å². The first-order valence-corrected chi connectivity index (χ1v) is 12.5. The molecule has 11 heteroatoms. The summed E-state index contributed by atoms with van der Waals surface area (Å²) in [6.07, 6.45) is 3.66. The van der Waals surface area contributed by atoms with Crippen LogP contribution in [0.5, 0.6) is 0 Å². The number of anilines is 2. The maximum Gasteiger partial charge on any atom is 0.244 e. The van der Waals surface area contributed by atoms with Gasteiger partial charge < -0.3 is 10.6 Å². The number of piperidine rings is 1. The molecule has 0 radical (unpaired) electrons. The monoisotopic (exact) mass is 465 g/mol. The molecule has 31 heavy (non-hydrogen) atoms. The lowest BCUT2D eigenvalue weighted by Gasteiger charge is -2.25. The average molecular weight is 466 g/mol. The van der Waals surface area contributed by atoms with Crippen LogP contribution >= 0.6 is 11.3 Å². The minimum Gasteiger partial charge on any atom is -0.326 e. The lowest BCUT2D eigenvalue weighted by Crippen LogP contribution is -2.41. The zero-order valence-electron chi connectivity index (χ0n) is 17.6. The first-order valence-electron chi connectivity index (χ1n) is 10.1. The number of amides is 2. The number of benzene rings is 1. The highest BCUT2D eigenvalue weighted by molar-refractivity contribution is 7.89. The minimum absolute atomic E-state index is 0.000631. The van der Waals surface area contributed by atoms with Crippen molar-refractivity contribution in [3.8, 4) is 0 Å². The molecule has 2 aromatic rings. The van der Waals surface area contributed by atoms with E-state index in [1.807, 2.05) is 5.38 Å². The van der Waals surface area contributed by atoms with E-state index < -0.39 is 22.0 Å². The number of carbonyl (C=O) groups excluding carboxylic acids is 2. The van der Waals surface area contributed by atoms with Gasteiger partial charge in [0.25, 0.3) is 0 Å². The molecule has 1 unspecified atom stereocenters. The highest BCUT2D eigenvalue weighted by atomic mass is 32.2. The second kappa shape index (κ2) is 10.3. The first kappa shape index (κ1) is 23.3. The molecule has 2 amide bonds. The van der Waals surface area contributed by atoms with Crippen LogP contribution in [0.15, 0.2) is 34.5 Å². The Morgan fingerprint density at radius 2 is 1.81 bits per heavy atom. The van der Waals surface area contributed by atoms with Gasteiger partial charge in [0.15, 0.2) is 5.13 Å². The van der Waals surface area contributed by atoms with E-state index in [1.54, 1.807) is 0 Å². The van der Waals surface area contributed by atoms with Crippen molar-refractivity contribution in [2.24, 2.45) is 0 Å². The number of sulfonamides is 1. The van der Waals surface area contributed by atoms with Crippen molar-refractivity contribution in [2.45, 2.75) is 50.6 Å². The molecule has 1 saturated heterocycles. The van der Waals surface area contributed by atoms with Crippen LogP contribution in [0.2, 0.25) is 0 Å². The van der Waals surface area contributed by atoms with Crippen LogP contribution in [-0.2, 0) is 26.2 Å². The Balaban J connectivity index is 1.55. The third-order valence-electron chi connectivity index (χ3n) is 4.83. The molecular weight excluding hydrogens is 438 g/mol. The number of carbonyl (C=O) groups is 2. The number of thiazole rings is 1. The highest BCUT2D eigenvalue weighted by Gasteiger charge is 2.23. The normalized spacial score (nSPS) is 15.9. The van der Waals surface area contributed by atoms with Crippen LogP contribution in [-0.4, -0.2) is 49.2 Å². The summed E-state index contributed by atoms with van der Waals surface area (Å²) < 4.78 is 27.5. The number of hydrogen-bond donors (Lipinski definition) is 3. The maximum absolute atomic E-state index is 12.6. The topological polar surface area (TPSA) is 120 Å². The number of aromatic nitrogens is 1. The van der Waals surface area contributed by atoms with Gasteiger partial charge in [-0.05, 0) is 57.1 Å². The Kier molecular flexibility index (Phi) is 7.76. The zero-order valence-corrected chi connectivity index (χ0v) is 19.2. The van der Waals surface area contributed by atoms with E-state index in [0.29, 0.717) is 10.8 Å². The van der Waals surface area contributed by atoms with E-state index in [9.17, 15) is 18.0 Å². The van der Waals surface area contributed by atoms with Gasteiger partial charge in [-0.2, -0.15) is 4.72 Å². The van der Waals surface area contributed by atoms with Crippen molar-refractivity contribution in [1.29, 1.82) is 0 Å². The summed E-state index contributed by atoms with van der Waals surface area (Å²) >= 11 is 1.32. The van der Waals surface area contributed by atoms with Crippen LogP contribution in [0.1, 0.15) is 38.8 Å². The molecule has 168 valence electrons. The smallest absolute Gasteiger partial charge is 0.244 e. The Bertz CT molecular complexity index is 1010. The lowest BCUT2D eigenvalue weighted by atomic mass is 10.1. The SMILES string of the molecule is CC(=O)Nc1ccc(S(=O)(=O)NC(C)C(=O)Nc2nc(CN3CCCCC3)cs2)cc1. The van der Waals surface area contributed by atoms with Gasteiger partial charge in [-0.25, -0.2) is 13.4 Å². The van der Waals surface area contributed by atoms with Gasteiger partial charge in [0.1, 0.15) is 0 Å². The molecule has 1 atom stereocenters. The fourth-order valence-electron chi connectivity index (χ4n) is 3.27. The van der Waals surface area contributed by atoms with Gasteiger partial charge in [0, 0.05) is 24.5 Å². The molecule has 3 rings (SSSR count).